The molecule has 2 aliphatic heterocycles. The number of carbonyl (C=O) groups excluding carboxylic acids is 2. The number of para-hydroxylation sites is 1. The molecule has 1 saturated heterocycles. The summed E-state index contributed by atoms with van der Waals surface area (Å²) in [6.07, 6.45) is 0.880. The number of amides is 3. The molecule has 0 aliphatic carbocycles. The molecule has 0 unspecified atom stereocenters. The first-order valence-corrected chi connectivity index (χ1v) is 11.6. The molecule has 0 saturated carbocycles. The van der Waals surface area contributed by atoms with Crippen LogP contribution >= 0.6 is 0 Å². The standard InChI is InChI=1S/C27H24N6O3/c1-2-3-14-29-18-13-15-33(16-18)26-24-23(31-27(35)32-24)21(25(28)34)22(30-26)17-9-11-20(12-10-17)36-19-7-5-4-6-8-19/h4-12,18,29H,13-16H2,1H3,(H2,28,34)/t18-/m1/s1. The molecular formula is C27H24N6O3. The Morgan fingerprint density at radius 1 is 1.11 bits per heavy atom. The molecule has 0 spiro atoms. The van der Waals surface area contributed by atoms with Gasteiger partial charge in [-0.15, -0.1) is 5.92 Å². The van der Waals surface area contributed by atoms with Crippen molar-refractivity contribution in [3.8, 4) is 34.6 Å². The maximum absolute atomic E-state index is 12.5. The third-order valence-corrected chi connectivity index (χ3v) is 6.04. The van der Waals surface area contributed by atoms with Crippen LogP contribution in [0.2, 0.25) is 0 Å². The first-order chi connectivity index (χ1) is 17.5. The number of benzene rings is 2. The predicted octanol–water partition coefficient (Wildman–Crippen LogP) is 2.20. The van der Waals surface area contributed by atoms with Gasteiger partial charge in [0.25, 0.3) is 5.91 Å². The number of ether oxygens (including phenoxy) is 1. The van der Waals surface area contributed by atoms with Crippen LogP contribution in [0.15, 0.2) is 64.6 Å². The van der Waals surface area contributed by atoms with Gasteiger partial charge in [0.1, 0.15) is 22.2 Å². The molecule has 3 aromatic rings. The smallest absolute Gasteiger partial charge is 0.368 e. The lowest BCUT2D eigenvalue weighted by atomic mass is 10.0. The van der Waals surface area contributed by atoms with E-state index in [1.807, 2.05) is 30.3 Å². The number of anilines is 1. The van der Waals surface area contributed by atoms with Crippen molar-refractivity contribution in [1.29, 1.82) is 0 Å². The number of nitrogens with one attached hydrogen (secondary N) is 1. The van der Waals surface area contributed by atoms with Crippen LogP contribution < -0.4 is 31.4 Å². The summed E-state index contributed by atoms with van der Waals surface area (Å²) < 4.78 is 5.88. The van der Waals surface area contributed by atoms with E-state index in [2.05, 4.69) is 32.0 Å². The van der Waals surface area contributed by atoms with Crippen molar-refractivity contribution in [3.63, 3.8) is 0 Å². The second-order valence-corrected chi connectivity index (χ2v) is 8.41. The van der Waals surface area contributed by atoms with E-state index in [1.165, 1.54) is 0 Å². The Morgan fingerprint density at radius 2 is 1.83 bits per heavy atom. The summed E-state index contributed by atoms with van der Waals surface area (Å²) in [5.74, 6) is 7.01. The van der Waals surface area contributed by atoms with E-state index in [9.17, 15) is 9.59 Å². The molecule has 0 bridgehead atoms. The van der Waals surface area contributed by atoms with Gasteiger partial charge in [-0.3, -0.25) is 4.79 Å². The zero-order valence-corrected chi connectivity index (χ0v) is 19.7. The minimum Gasteiger partial charge on any atom is -0.457 e. The highest BCUT2D eigenvalue weighted by Gasteiger charge is 2.29. The molecule has 5 rings (SSSR count). The van der Waals surface area contributed by atoms with Gasteiger partial charge in [0.05, 0.1) is 17.8 Å². The van der Waals surface area contributed by atoms with Crippen LogP contribution in [0.25, 0.3) is 11.3 Å². The molecule has 1 atom stereocenters. The van der Waals surface area contributed by atoms with Gasteiger partial charge < -0.3 is 20.7 Å². The van der Waals surface area contributed by atoms with E-state index in [1.54, 1.807) is 31.2 Å². The largest absolute Gasteiger partial charge is 0.457 e. The number of rotatable bonds is 7. The van der Waals surface area contributed by atoms with Crippen LogP contribution in [-0.2, 0) is 0 Å². The number of nitrogens with zero attached hydrogens (tertiary/aromatic N) is 4. The zero-order valence-electron chi connectivity index (χ0n) is 19.7. The number of aromatic nitrogens is 1. The van der Waals surface area contributed by atoms with E-state index >= 15 is 0 Å². The summed E-state index contributed by atoms with van der Waals surface area (Å²) >= 11 is 0. The summed E-state index contributed by atoms with van der Waals surface area (Å²) in [6, 6.07) is 16.2. The second kappa shape index (κ2) is 9.98. The molecule has 9 nitrogen and oxygen atoms in total. The SMILES string of the molecule is CC#CCN[C@@H]1CCN(c2nc(-c3ccc(Oc4ccccc4)cc3)c(C(N)=O)c3c2=NC(=O)N=3)C1. The summed E-state index contributed by atoms with van der Waals surface area (Å²) in [6.45, 7) is 3.77. The highest BCUT2D eigenvalue weighted by Crippen LogP contribution is 2.27. The number of carbonyl (C=O) groups is 2. The van der Waals surface area contributed by atoms with Crippen molar-refractivity contribution >= 4 is 17.8 Å². The van der Waals surface area contributed by atoms with Gasteiger partial charge in [-0.05, 0) is 49.7 Å². The maximum Gasteiger partial charge on any atom is 0.368 e. The predicted molar refractivity (Wildman–Crippen MR) is 134 cm³/mol. The van der Waals surface area contributed by atoms with E-state index in [0.29, 0.717) is 48.2 Å². The normalized spacial score (nSPS) is 16.0. The molecule has 1 aromatic heterocycles. The zero-order chi connectivity index (χ0) is 25.1. The second-order valence-electron chi connectivity index (χ2n) is 8.41. The van der Waals surface area contributed by atoms with Crippen LogP contribution in [0, 0.1) is 11.8 Å². The molecular weight excluding hydrogens is 456 g/mol. The fraction of sp³-hybridized carbons (Fsp3) is 0.222. The number of hydrogen-bond donors (Lipinski definition) is 2. The summed E-state index contributed by atoms with van der Waals surface area (Å²) in [5.41, 5.74) is 6.82. The molecule has 1 fully saturated rings. The quantitative estimate of drug-likeness (QED) is 0.500. The monoisotopic (exact) mass is 480 g/mol. The third-order valence-electron chi connectivity index (χ3n) is 6.04. The number of pyridine rings is 1. The molecule has 3 amide bonds. The first-order valence-electron chi connectivity index (χ1n) is 11.6. The van der Waals surface area contributed by atoms with Crippen LogP contribution in [-0.4, -0.2) is 42.6 Å². The number of urea groups is 1. The van der Waals surface area contributed by atoms with Gasteiger partial charge >= 0.3 is 6.03 Å². The molecule has 2 aliphatic rings. The Bertz CT molecular complexity index is 1510. The van der Waals surface area contributed by atoms with Crippen molar-refractivity contribution in [1.82, 2.24) is 10.3 Å². The lowest BCUT2D eigenvalue weighted by Crippen LogP contribution is -2.40. The van der Waals surface area contributed by atoms with E-state index < -0.39 is 11.9 Å². The number of primary amides is 1. The van der Waals surface area contributed by atoms with Gasteiger partial charge in [0.2, 0.25) is 0 Å². The van der Waals surface area contributed by atoms with Gasteiger partial charge in [0.15, 0.2) is 5.82 Å². The van der Waals surface area contributed by atoms with Crippen LogP contribution in [0.3, 0.4) is 0 Å². The maximum atomic E-state index is 12.5. The molecule has 2 aromatic carbocycles. The fourth-order valence-corrected chi connectivity index (χ4v) is 4.35. The van der Waals surface area contributed by atoms with Crippen LogP contribution in [0.1, 0.15) is 23.7 Å². The highest BCUT2D eigenvalue weighted by molar-refractivity contribution is 5.99. The van der Waals surface area contributed by atoms with E-state index in [4.69, 9.17) is 15.5 Å². The Morgan fingerprint density at radius 3 is 2.56 bits per heavy atom. The molecule has 36 heavy (non-hydrogen) atoms. The minimum absolute atomic E-state index is 0.0761. The molecule has 0 radical (unpaired) electrons. The summed E-state index contributed by atoms with van der Waals surface area (Å²) in [7, 11) is 0. The molecule has 9 heteroatoms. The first kappa shape index (κ1) is 23.2. The Hall–Kier alpha value is -4.55. The van der Waals surface area contributed by atoms with E-state index in [0.717, 1.165) is 6.42 Å². The van der Waals surface area contributed by atoms with E-state index in [-0.39, 0.29) is 22.3 Å². The minimum atomic E-state index is -0.724. The van der Waals surface area contributed by atoms with Gasteiger partial charge in [-0.2, -0.15) is 9.98 Å². The van der Waals surface area contributed by atoms with Gasteiger partial charge in [-0.25, -0.2) is 9.78 Å². The highest BCUT2D eigenvalue weighted by atomic mass is 16.5. The summed E-state index contributed by atoms with van der Waals surface area (Å²) in [4.78, 5) is 39.6. The van der Waals surface area contributed by atoms with Crippen LogP contribution in [0.5, 0.6) is 11.5 Å². The van der Waals surface area contributed by atoms with Crippen molar-refractivity contribution in [2.45, 2.75) is 19.4 Å². The number of hydrogen-bond acceptors (Lipinski definition) is 6. The lowest BCUT2D eigenvalue weighted by Gasteiger charge is -2.19. The van der Waals surface area contributed by atoms with Crippen LogP contribution in [0.4, 0.5) is 10.6 Å². The lowest BCUT2D eigenvalue weighted by molar-refractivity contribution is 0.0999. The van der Waals surface area contributed by atoms with Gasteiger partial charge in [-0.1, -0.05) is 24.1 Å². The van der Waals surface area contributed by atoms with Gasteiger partial charge in [0, 0.05) is 24.7 Å². The number of nitrogens with two attached hydrogens (primary N) is 1. The summed E-state index contributed by atoms with van der Waals surface area (Å²) in [5, 5.41) is 3.87. The van der Waals surface area contributed by atoms with Crippen molar-refractivity contribution in [2.24, 2.45) is 15.7 Å². The average Bonchev–Trinajstić information content (AvgIpc) is 3.50. The Kier molecular flexibility index (Phi) is 6.43. The topological polar surface area (TPSA) is 122 Å². The molecule has 3 N–H and O–H groups in total. The fourth-order valence-electron chi connectivity index (χ4n) is 4.35. The Balaban J connectivity index is 1.53. The Labute approximate surface area is 207 Å². The number of fused-ring (bicyclic) bond motifs is 1. The van der Waals surface area contributed by atoms with Crippen molar-refractivity contribution in [2.75, 3.05) is 24.5 Å². The van der Waals surface area contributed by atoms with Crippen molar-refractivity contribution < 1.29 is 14.3 Å². The van der Waals surface area contributed by atoms with Crippen molar-refractivity contribution in [3.05, 3.63) is 70.9 Å². The molecule has 180 valence electrons. The average molecular weight is 481 g/mol. The third kappa shape index (κ3) is 4.67. The molecule has 3 heterocycles.